The third-order valence-corrected chi connectivity index (χ3v) is 3.63. The maximum atomic E-state index is 5.68. The number of unbranched alkanes of at least 4 members (excludes halogenated alkanes) is 5. The minimum absolute atomic E-state index is 0.719. The van der Waals surface area contributed by atoms with Crippen LogP contribution in [0.2, 0.25) is 0 Å². The highest BCUT2D eigenvalue weighted by molar-refractivity contribution is 9.10. The van der Waals surface area contributed by atoms with Crippen molar-refractivity contribution in [3.05, 3.63) is 34.3 Å². The van der Waals surface area contributed by atoms with Crippen molar-refractivity contribution in [3.63, 3.8) is 0 Å². The molecule has 0 aromatic heterocycles. The first-order valence-electron chi connectivity index (χ1n) is 6.65. The fourth-order valence-electron chi connectivity index (χ4n) is 1.78. The van der Waals surface area contributed by atoms with E-state index in [1.165, 1.54) is 44.1 Å². The topological polar surface area (TPSA) is 9.23 Å². The molecule has 0 N–H and O–H groups in total. The van der Waals surface area contributed by atoms with Crippen LogP contribution in [-0.4, -0.2) is 6.61 Å². The van der Waals surface area contributed by atoms with E-state index in [1.807, 2.05) is 12.1 Å². The first kappa shape index (κ1) is 14.7. The maximum Gasteiger partial charge on any atom is 0.0727 e. The van der Waals surface area contributed by atoms with E-state index in [-0.39, 0.29) is 0 Å². The van der Waals surface area contributed by atoms with E-state index >= 15 is 0 Å². The zero-order chi connectivity index (χ0) is 12.3. The highest BCUT2D eigenvalue weighted by atomic mass is 79.9. The summed E-state index contributed by atoms with van der Waals surface area (Å²) < 4.78 is 6.82. The smallest absolute Gasteiger partial charge is 0.0727 e. The molecule has 0 fully saturated rings. The van der Waals surface area contributed by atoms with Gasteiger partial charge in [0.25, 0.3) is 0 Å². The van der Waals surface area contributed by atoms with Crippen LogP contribution in [0.3, 0.4) is 0 Å². The van der Waals surface area contributed by atoms with Gasteiger partial charge < -0.3 is 4.74 Å². The van der Waals surface area contributed by atoms with Crippen molar-refractivity contribution in [1.82, 2.24) is 0 Å². The number of rotatable bonds is 9. The van der Waals surface area contributed by atoms with Crippen molar-refractivity contribution >= 4 is 15.9 Å². The van der Waals surface area contributed by atoms with Gasteiger partial charge in [-0.1, -0.05) is 73.2 Å². The van der Waals surface area contributed by atoms with Crippen molar-refractivity contribution in [2.45, 2.75) is 52.1 Å². The number of halogens is 1. The van der Waals surface area contributed by atoms with Gasteiger partial charge in [-0.2, -0.15) is 0 Å². The summed E-state index contributed by atoms with van der Waals surface area (Å²) in [6.45, 7) is 3.85. The van der Waals surface area contributed by atoms with E-state index in [0.717, 1.165) is 17.7 Å². The summed E-state index contributed by atoms with van der Waals surface area (Å²) in [6, 6.07) is 8.24. The Bertz CT molecular complexity index is 299. The van der Waals surface area contributed by atoms with E-state index in [2.05, 4.69) is 35.0 Å². The Morgan fingerprint density at radius 2 is 1.71 bits per heavy atom. The molecule has 0 unspecified atom stereocenters. The second-order valence-electron chi connectivity index (χ2n) is 4.41. The lowest BCUT2D eigenvalue weighted by Crippen LogP contribution is -1.96. The minimum Gasteiger partial charge on any atom is -0.377 e. The maximum absolute atomic E-state index is 5.68. The Labute approximate surface area is 114 Å². The highest BCUT2D eigenvalue weighted by Crippen LogP contribution is 2.16. The van der Waals surface area contributed by atoms with Gasteiger partial charge in [-0.15, -0.1) is 0 Å². The second-order valence-corrected chi connectivity index (χ2v) is 5.27. The Hall–Kier alpha value is -0.340. The van der Waals surface area contributed by atoms with E-state index < -0.39 is 0 Å². The van der Waals surface area contributed by atoms with Crippen molar-refractivity contribution in [2.75, 3.05) is 6.61 Å². The zero-order valence-corrected chi connectivity index (χ0v) is 12.3. The summed E-state index contributed by atoms with van der Waals surface area (Å²) in [5.41, 5.74) is 1.23. The molecule has 0 aliphatic carbocycles. The molecule has 1 aromatic carbocycles. The first-order chi connectivity index (χ1) is 8.34. The lowest BCUT2D eigenvalue weighted by atomic mass is 10.1. The highest BCUT2D eigenvalue weighted by Gasteiger charge is 1.98. The quantitative estimate of drug-likeness (QED) is 0.560. The molecule has 0 bridgehead atoms. The number of ether oxygens (including phenoxy) is 1. The van der Waals surface area contributed by atoms with Gasteiger partial charge >= 0.3 is 0 Å². The van der Waals surface area contributed by atoms with Crippen LogP contribution in [0.25, 0.3) is 0 Å². The molecule has 0 heterocycles. The molecule has 0 spiro atoms. The number of hydrogen-bond donors (Lipinski definition) is 0. The molecule has 0 radical (unpaired) electrons. The SMILES string of the molecule is CCCCCCCCOCc1ccccc1Br. The summed E-state index contributed by atoms with van der Waals surface area (Å²) in [4.78, 5) is 0. The van der Waals surface area contributed by atoms with Crippen molar-refractivity contribution in [2.24, 2.45) is 0 Å². The van der Waals surface area contributed by atoms with E-state index in [9.17, 15) is 0 Å². The fraction of sp³-hybridized carbons (Fsp3) is 0.600. The summed E-state index contributed by atoms with van der Waals surface area (Å²) in [5.74, 6) is 0. The van der Waals surface area contributed by atoms with Gasteiger partial charge in [0.1, 0.15) is 0 Å². The van der Waals surface area contributed by atoms with Crippen LogP contribution in [0.15, 0.2) is 28.7 Å². The standard InChI is InChI=1S/C15H23BrO/c1-2-3-4-5-6-9-12-17-13-14-10-7-8-11-15(14)16/h7-8,10-11H,2-6,9,12-13H2,1H3. The average Bonchev–Trinajstić information content (AvgIpc) is 2.35. The third-order valence-electron chi connectivity index (χ3n) is 2.86. The molecule has 0 amide bonds. The molecule has 96 valence electrons. The van der Waals surface area contributed by atoms with Crippen LogP contribution in [0.4, 0.5) is 0 Å². The van der Waals surface area contributed by atoms with Gasteiger partial charge in [-0.25, -0.2) is 0 Å². The van der Waals surface area contributed by atoms with Gasteiger partial charge in [0.15, 0.2) is 0 Å². The van der Waals surface area contributed by atoms with Gasteiger partial charge in [-0.3, -0.25) is 0 Å². The molecule has 0 aliphatic heterocycles. The van der Waals surface area contributed by atoms with Crippen LogP contribution in [0.5, 0.6) is 0 Å². The summed E-state index contributed by atoms with van der Waals surface area (Å²) in [7, 11) is 0. The lowest BCUT2D eigenvalue weighted by molar-refractivity contribution is 0.116. The molecule has 0 saturated heterocycles. The second kappa shape index (κ2) is 9.67. The third kappa shape index (κ3) is 6.85. The predicted octanol–water partition coefficient (Wildman–Crippen LogP) is 5.33. The molecule has 0 aliphatic rings. The van der Waals surface area contributed by atoms with Crippen LogP contribution >= 0.6 is 15.9 Å². The molecule has 0 atom stereocenters. The molecular weight excluding hydrogens is 276 g/mol. The lowest BCUT2D eigenvalue weighted by Gasteiger charge is -2.06. The number of benzene rings is 1. The first-order valence-corrected chi connectivity index (χ1v) is 7.45. The monoisotopic (exact) mass is 298 g/mol. The molecule has 2 heteroatoms. The van der Waals surface area contributed by atoms with E-state index in [0.29, 0.717) is 0 Å². The van der Waals surface area contributed by atoms with Gasteiger partial charge in [0.05, 0.1) is 6.61 Å². The van der Waals surface area contributed by atoms with E-state index in [4.69, 9.17) is 4.74 Å². The van der Waals surface area contributed by atoms with Gasteiger partial charge in [0.2, 0.25) is 0 Å². The Morgan fingerprint density at radius 3 is 2.47 bits per heavy atom. The Balaban J connectivity index is 1.99. The number of hydrogen-bond acceptors (Lipinski definition) is 1. The molecule has 1 nitrogen and oxygen atoms in total. The van der Waals surface area contributed by atoms with Gasteiger partial charge in [-0.05, 0) is 18.1 Å². The normalized spacial score (nSPS) is 10.7. The Morgan fingerprint density at radius 1 is 1.00 bits per heavy atom. The Kier molecular flexibility index (Phi) is 8.37. The van der Waals surface area contributed by atoms with Crippen LogP contribution in [0, 0.1) is 0 Å². The van der Waals surface area contributed by atoms with Crippen LogP contribution in [0.1, 0.15) is 51.0 Å². The largest absolute Gasteiger partial charge is 0.377 e. The molecule has 0 saturated carbocycles. The average molecular weight is 299 g/mol. The summed E-state index contributed by atoms with van der Waals surface area (Å²) >= 11 is 3.53. The molecule has 1 aromatic rings. The van der Waals surface area contributed by atoms with Crippen LogP contribution < -0.4 is 0 Å². The van der Waals surface area contributed by atoms with Crippen molar-refractivity contribution in [1.29, 1.82) is 0 Å². The van der Waals surface area contributed by atoms with Crippen LogP contribution in [-0.2, 0) is 11.3 Å². The summed E-state index contributed by atoms with van der Waals surface area (Å²) in [5, 5.41) is 0. The zero-order valence-electron chi connectivity index (χ0n) is 10.8. The van der Waals surface area contributed by atoms with Crippen molar-refractivity contribution in [3.8, 4) is 0 Å². The van der Waals surface area contributed by atoms with E-state index in [1.54, 1.807) is 0 Å². The molecular formula is C15H23BrO. The fourth-order valence-corrected chi connectivity index (χ4v) is 2.18. The van der Waals surface area contributed by atoms with Gasteiger partial charge in [0, 0.05) is 11.1 Å². The molecule has 1 rings (SSSR count). The minimum atomic E-state index is 0.719. The van der Waals surface area contributed by atoms with Crippen molar-refractivity contribution < 1.29 is 4.74 Å². The molecule has 17 heavy (non-hydrogen) atoms. The summed E-state index contributed by atoms with van der Waals surface area (Å²) in [6.07, 6.45) is 7.91. The predicted molar refractivity (Wildman–Crippen MR) is 77.2 cm³/mol.